The van der Waals surface area contributed by atoms with Crippen molar-refractivity contribution in [3.63, 3.8) is 0 Å². The van der Waals surface area contributed by atoms with Crippen LogP contribution in [0.2, 0.25) is 0 Å². The summed E-state index contributed by atoms with van der Waals surface area (Å²) < 4.78 is 26.4. The Balaban J connectivity index is 2.69. The van der Waals surface area contributed by atoms with Crippen LogP contribution >= 0.6 is 11.3 Å². The molecule has 0 radical (unpaired) electrons. The second-order valence-electron chi connectivity index (χ2n) is 3.06. The first-order valence-corrected chi connectivity index (χ1v) is 7.02. The average molecular weight is 249 g/mol. The van der Waals surface area contributed by atoms with E-state index in [9.17, 15) is 13.2 Å². The standard InChI is InChI=1S/C8H11NO4S2/c1-13-8(10)3-6-4-14-7(9-6)5-15(2,11)12/h4H,3,5H2,1-2H3. The summed E-state index contributed by atoms with van der Waals surface area (Å²) in [6.07, 6.45) is 1.23. The summed E-state index contributed by atoms with van der Waals surface area (Å²) in [6.45, 7) is 0. The van der Waals surface area contributed by atoms with Gasteiger partial charge >= 0.3 is 5.97 Å². The fourth-order valence-electron chi connectivity index (χ4n) is 0.941. The number of sulfone groups is 1. The third-order valence-electron chi connectivity index (χ3n) is 1.54. The van der Waals surface area contributed by atoms with E-state index in [-0.39, 0.29) is 18.1 Å². The van der Waals surface area contributed by atoms with Gasteiger partial charge in [0.15, 0.2) is 9.84 Å². The molecule has 1 heterocycles. The average Bonchev–Trinajstić information content (AvgIpc) is 2.49. The first-order valence-electron chi connectivity index (χ1n) is 4.08. The molecule has 1 aromatic rings. The molecular weight excluding hydrogens is 238 g/mol. The van der Waals surface area contributed by atoms with Crippen molar-refractivity contribution < 1.29 is 17.9 Å². The second kappa shape index (κ2) is 4.71. The van der Waals surface area contributed by atoms with Crippen LogP contribution in [-0.4, -0.2) is 32.7 Å². The van der Waals surface area contributed by atoms with Gasteiger partial charge in [0.2, 0.25) is 0 Å². The molecule has 0 bridgehead atoms. The molecule has 0 aliphatic rings. The maximum Gasteiger partial charge on any atom is 0.311 e. The molecule has 5 nitrogen and oxygen atoms in total. The molecule has 0 saturated carbocycles. The van der Waals surface area contributed by atoms with Crippen molar-refractivity contribution in [1.82, 2.24) is 4.98 Å². The third-order valence-corrected chi connectivity index (χ3v) is 3.42. The van der Waals surface area contributed by atoms with Gasteiger partial charge in [-0.2, -0.15) is 0 Å². The lowest BCUT2D eigenvalue weighted by Crippen LogP contribution is -2.05. The van der Waals surface area contributed by atoms with Crippen LogP contribution in [0.1, 0.15) is 10.7 Å². The SMILES string of the molecule is COC(=O)Cc1csc(CS(C)(=O)=O)n1. The molecule has 0 atom stereocenters. The van der Waals surface area contributed by atoms with Crippen molar-refractivity contribution in [2.24, 2.45) is 0 Å². The fourth-order valence-corrected chi connectivity index (χ4v) is 2.95. The van der Waals surface area contributed by atoms with E-state index in [1.165, 1.54) is 18.4 Å². The molecule has 0 N–H and O–H groups in total. The van der Waals surface area contributed by atoms with Crippen molar-refractivity contribution in [3.8, 4) is 0 Å². The van der Waals surface area contributed by atoms with E-state index < -0.39 is 9.84 Å². The van der Waals surface area contributed by atoms with Crippen LogP contribution in [0.4, 0.5) is 0 Å². The minimum absolute atomic E-state index is 0.0801. The van der Waals surface area contributed by atoms with Crippen molar-refractivity contribution >= 4 is 27.1 Å². The van der Waals surface area contributed by atoms with Gasteiger partial charge in [-0.25, -0.2) is 13.4 Å². The smallest absolute Gasteiger partial charge is 0.311 e. The molecule has 7 heteroatoms. The van der Waals surface area contributed by atoms with Crippen LogP contribution in [0.25, 0.3) is 0 Å². The molecule has 0 spiro atoms. The van der Waals surface area contributed by atoms with Gasteiger partial charge < -0.3 is 4.74 Å². The zero-order chi connectivity index (χ0) is 11.5. The minimum atomic E-state index is -3.07. The molecule has 1 aromatic heterocycles. The van der Waals surface area contributed by atoms with Gasteiger partial charge in [0.25, 0.3) is 0 Å². The van der Waals surface area contributed by atoms with Gasteiger partial charge in [0, 0.05) is 11.6 Å². The van der Waals surface area contributed by atoms with E-state index in [2.05, 4.69) is 9.72 Å². The van der Waals surface area contributed by atoms with E-state index in [4.69, 9.17) is 0 Å². The number of nitrogens with zero attached hydrogens (tertiary/aromatic N) is 1. The Hall–Kier alpha value is -0.950. The van der Waals surface area contributed by atoms with Crippen LogP contribution in [0.5, 0.6) is 0 Å². The highest BCUT2D eigenvalue weighted by atomic mass is 32.2. The second-order valence-corrected chi connectivity index (χ2v) is 6.14. The molecule has 1 rings (SSSR count). The van der Waals surface area contributed by atoms with Crippen molar-refractivity contribution in [2.45, 2.75) is 12.2 Å². The molecule has 0 unspecified atom stereocenters. The predicted molar refractivity (Wildman–Crippen MR) is 56.4 cm³/mol. The minimum Gasteiger partial charge on any atom is -0.469 e. The van der Waals surface area contributed by atoms with E-state index in [1.807, 2.05) is 0 Å². The zero-order valence-electron chi connectivity index (χ0n) is 8.39. The monoisotopic (exact) mass is 249 g/mol. The summed E-state index contributed by atoms with van der Waals surface area (Å²) in [5.74, 6) is -0.468. The van der Waals surface area contributed by atoms with Gasteiger partial charge in [-0.1, -0.05) is 0 Å². The summed E-state index contributed by atoms with van der Waals surface area (Å²) in [4.78, 5) is 14.9. The highest BCUT2D eigenvalue weighted by Gasteiger charge is 2.11. The van der Waals surface area contributed by atoms with Crippen molar-refractivity contribution in [1.29, 1.82) is 0 Å². The number of rotatable bonds is 4. The first-order chi connectivity index (χ1) is 6.90. The Morgan fingerprint density at radius 3 is 2.80 bits per heavy atom. The Morgan fingerprint density at radius 1 is 1.60 bits per heavy atom. The van der Waals surface area contributed by atoms with Gasteiger partial charge in [-0.05, 0) is 0 Å². The third kappa shape index (κ3) is 4.39. The van der Waals surface area contributed by atoms with E-state index in [0.29, 0.717) is 10.7 Å². The van der Waals surface area contributed by atoms with Crippen LogP contribution in [0.15, 0.2) is 5.38 Å². The first kappa shape index (κ1) is 12.1. The van der Waals surface area contributed by atoms with E-state index in [0.717, 1.165) is 6.26 Å². The van der Waals surface area contributed by atoms with E-state index in [1.54, 1.807) is 5.38 Å². The lowest BCUT2D eigenvalue weighted by Gasteiger charge is -1.94. The maximum atomic E-state index is 11.0. The van der Waals surface area contributed by atoms with Crippen LogP contribution < -0.4 is 0 Å². The van der Waals surface area contributed by atoms with Crippen LogP contribution in [0, 0.1) is 0 Å². The summed E-state index contributed by atoms with van der Waals surface area (Å²) >= 11 is 1.23. The summed E-state index contributed by atoms with van der Waals surface area (Å²) in [6, 6.07) is 0. The Kier molecular flexibility index (Phi) is 3.81. The molecule has 84 valence electrons. The summed E-state index contributed by atoms with van der Waals surface area (Å²) in [5.41, 5.74) is 0.547. The molecule has 0 amide bonds. The Bertz CT molecular complexity index is 449. The number of esters is 1. The topological polar surface area (TPSA) is 73.3 Å². The van der Waals surface area contributed by atoms with E-state index >= 15 is 0 Å². The fraction of sp³-hybridized carbons (Fsp3) is 0.500. The lowest BCUT2D eigenvalue weighted by atomic mass is 10.3. The number of ether oxygens (including phenoxy) is 1. The number of thiazole rings is 1. The van der Waals surface area contributed by atoms with Crippen molar-refractivity contribution in [2.75, 3.05) is 13.4 Å². The quantitative estimate of drug-likeness (QED) is 0.722. The predicted octanol–water partition coefficient (Wildman–Crippen LogP) is 0.403. The van der Waals surface area contributed by atoms with Crippen LogP contribution in [0.3, 0.4) is 0 Å². The Morgan fingerprint density at radius 2 is 2.27 bits per heavy atom. The number of hydrogen-bond acceptors (Lipinski definition) is 6. The van der Waals surface area contributed by atoms with Crippen molar-refractivity contribution in [3.05, 3.63) is 16.1 Å². The highest BCUT2D eigenvalue weighted by molar-refractivity contribution is 7.90. The van der Waals surface area contributed by atoms with Gasteiger partial charge in [-0.15, -0.1) is 11.3 Å². The zero-order valence-corrected chi connectivity index (χ0v) is 10.0. The number of carbonyl (C=O) groups excluding carboxylic acids is 1. The number of hydrogen-bond donors (Lipinski definition) is 0. The Labute approximate surface area is 92.0 Å². The molecule has 0 aromatic carbocycles. The maximum absolute atomic E-state index is 11.0. The molecule has 0 fully saturated rings. The molecule has 0 saturated heterocycles. The molecule has 0 aliphatic heterocycles. The largest absolute Gasteiger partial charge is 0.469 e. The number of aromatic nitrogens is 1. The summed E-state index contributed by atoms with van der Waals surface area (Å²) in [5, 5.41) is 2.16. The van der Waals surface area contributed by atoms with Gasteiger partial charge in [0.1, 0.15) is 10.8 Å². The normalized spacial score (nSPS) is 11.3. The summed E-state index contributed by atoms with van der Waals surface area (Å²) in [7, 11) is -1.77. The van der Waals surface area contributed by atoms with Gasteiger partial charge in [0.05, 0.1) is 19.2 Å². The molecular formula is C8H11NO4S2. The highest BCUT2D eigenvalue weighted by Crippen LogP contribution is 2.13. The number of methoxy groups -OCH3 is 1. The molecule has 15 heavy (non-hydrogen) atoms. The lowest BCUT2D eigenvalue weighted by molar-refractivity contribution is -0.139. The number of carbonyl (C=O) groups is 1. The molecule has 0 aliphatic carbocycles. The van der Waals surface area contributed by atoms with Gasteiger partial charge in [-0.3, -0.25) is 4.79 Å². The van der Waals surface area contributed by atoms with Crippen LogP contribution in [-0.2, 0) is 31.5 Å².